The molecule has 0 saturated heterocycles. The van der Waals surface area contributed by atoms with E-state index in [2.05, 4.69) is 26.1 Å². The molecular formula is C29H37Cl3N2O3. The lowest BCUT2D eigenvalue weighted by molar-refractivity contribution is -0.151. The predicted molar refractivity (Wildman–Crippen MR) is 153 cm³/mol. The van der Waals surface area contributed by atoms with E-state index >= 15 is 0 Å². The minimum Gasteiger partial charge on any atom is -0.479 e. The Kier molecular flexibility index (Phi) is 9.14. The third kappa shape index (κ3) is 6.38. The molecule has 1 atom stereocenters. The molecule has 0 spiro atoms. The quantitative estimate of drug-likeness (QED) is 0.359. The van der Waals surface area contributed by atoms with E-state index < -0.39 is 11.6 Å². The maximum absolute atomic E-state index is 14.0. The van der Waals surface area contributed by atoms with Gasteiger partial charge < -0.3 is 15.0 Å². The maximum atomic E-state index is 14.0. The maximum Gasteiger partial charge on any atom is 0.263 e. The largest absolute Gasteiger partial charge is 0.479 e. The van der Waals surface area contributed by atoms with Crippen molar-refractivity contribution in [3.8, 4) is 5.75 Å². The van der Waals surface area contributed by atoms with E-state index in [9.17, 15) is 9.59 Å². The molecule has 0 aromatic heterocycles. The highest BCUT2D eigenvalue weighted by atomic mass is 35.5. The fourth-order valence-corrected chi connectivity index (χ4v) is 5.82. The number of benzene rings is 2. The highest BCUT2D eigenvalue weighted by molar-refractivity contribution is 6.43. The first-order valence-electron chi connectivity index (χ1n) is 12.6. The summed E-state index contributed by atoms with van der Waals surface area (Å²) in [4.78, 5) is 29.3. The summed E-state index contributed by atoms with van der Waals surface area (Å²) in [6.07, 6.45) is 1.91. The van der Waals surface area contributed by atoms with Gasteiger partial charge in [-0.05, 0) is 75.0 Å². The zero-order valence-corrected chi connectivity index (χ0v) is 24.9. The SMILES string of the molecule is Cc1cccc(C)c1NC(=O)C1(N(C)C(=O)C(C)Oc2cc(Cl)c(Cl)cc2Cl)CCC(C(C)(C)C)CC1. The minimum atomic E-state index is -1.01. The molecule has 37 heavy (non-hydrogen) atoms. The molecule has 8 heteroatoms. The molecule has 1 saturated carbocycles. The summed E-state index contributed by atoms with van der Waals surface area (Å²) in [6.45, 7) is 12.3. The topological polar surface area (TPSA) is 58.6 Å². The Balaban J connectivity index is 1.90. The highest BCUT2D eigenvalue weighted by Gasteiger charge is 2.49. The van der Waals surface area contributed by atoms with Crippen LogP contribution >= 0.6 is 34.8 Å². The van der Waals surface area contributed by atoms with Gasteiger partial charge in [0.05, 0.1) is 15.1 Å². The lowest BCUT2D eigenvalue weighted by Crippen LogP contribution is -2.61. The molecule has 1 fully saturated rings. The van der Waals surface area contributed by atoms with Gasteiger partial charge >= 0.3 is 0 Å². The van der Waals surface area contributed by atoms with Gasteiger partial charge in [-0.2, -0.15) is 0 Å². The third-order valence-electron chi connectivity index (χ3n) is 7.78. The number of anilines is 1. The number of halogens is 3. The van der Waals surface area contributed by atoms with E-state index in [4.69, 9.17) is 39.5 Å². The zero-order chi connectivity index (χ0) is 27.7. The molecule has 0 bridgehead atoms. The fourth-order valence-electron chi connectivity index (χ4n) is 5.24. The van der Waals surface area contributed by atoms with Crippen molar-refractivity contribution in [1.29, 1.82) is 0 Å². The van der Waals surface area contributed by atoms with E-state index in [1.54, 1.807) is 18.9 Å². The van der Waals surface area contributed by atoms with E-state index in [0.29, 0.717) is 23.8 Å². The summed E-state index contributed by atoms with van der Waals surface area (Å²) in [6, 6.07) is 8.88. The van der Waals surface area contributed by atoms with Crippen LogP contribution in [-0.2, 0) is 9.59 Å². The van der Waals surface area contributed by atoms with Crippen LogP contribution < -0.4 is 10.1 Å². The highest BCUT2D eigenvalue weighted by Crippen LogP contribution is 2.44. The molecule has 3 rings (SSSR count). The van der Waals surface area contributed by atoms with E-state index in [-0.39, 0.29) is 33.0 Å². The molecule has 202 valence electrons. The Morgan fingerprint density at radius 1 is 1.03 bits per heavy atom. The van der Waals surface area contributed by atoms with Crippen LogP contribution in [-0.4, -0.2) is 35.4 Å². The normalized spacial score (nSPS) is 20.8. The van der Waals surface area contributed by atoms with Gasteiger partial charge in [0.1, 0.15) is 11.3 Å². The first-order chi connectivity index (χ1) is 17.2. The zero-order valence-electron chi connectivity index (χ0n) is 22.7. The first-order valence-corrected chi connectivity index (χ1v) is 13.8. The van der Waals surface area contributed by atoms with Crippen molar-refractivity contribution in [2.45, 2.75) is 78.9 Å². The van der Waals surface area contributed by atoms with Crippen LogP contribution in [0, 0.1) is 25.2 Å². The molecule has 0 aliphatic heterocycles. The lowest BCUT2D eigenvalue weighted by Gasteiger charge is -2.48. The van der Waals surface area contributed by atoms with Crippen LogP contribution in [0.4, 0.5) is 5.69 Å². The van der Waals surface area contributed by atoms with E-state index in [1.165, 1.54) is 12.1 Å². The van der Waals surface area contributed by atoms with Crippen molar-refractivity contribution in [1.82, 2.24) is 4.90 Å². The Bertz CT molecular complexity index is 1150. The summed E-state index contributed by atoms with van der Waals surface area (Å²) in [5.41, 5.74) is 1.86. The van der Waals surface area contributed by atoms with Gasteiger partial charge in [0.2, 0.25) is 5.91 Å². The Morgan fingerprint density at radius 3 is 2.11 bits per heavy atom. The number of aryl methyl sites for hydroxylation is 2. The number of ether oxygens (including phenoxy) is 1. The number of hydrogen-bond acceptors (Lipinski definition) is 3. The Morgan fingerprint density at radius 2 is 1.57 bits per heavy atom. The number of rotatable bonds is 6. The predicted octanol–water partition coefficient (Wildman–Crippen LogP) is 8.10. The number of para-hydroxylation sites is 1. The molecular weight excluding hydrogens is 531 g/mol. The standard InChI is InChI=1S/C29H37Cl3N2O3/c1-17-9-8-10-18(2)25(17)33-27(36)29(13-11-20(12-14-29)28(4,5)6)34(7)26(35)19(3)37-24-16-22(31)21(30)15-23(24)32/h8-10,15-16,19-20H,11-14H2,1-7H3,(H,33,36). The second kappa shape index (κ2) is 11.4. The number of carbonyl (C=O) groups is 2. The van der Waals surface area contributed by atoms with Crippen molar-refractivity contribution < 1.29 is 14.3 Å². The smallest absolute Gasteiger partial charge is 0.263 e. The number of likely N-dealkylation sites (N-methyl/N-ethyl adjacent to an activating group) is 1. The first kappa shape index (κ1) is 29.6. The monoisotopic (exact) mass is 566 g/mol. The second-order valence-corrected chi connectivity index (χ2v) is 12.5. The van der Waals surface area contributed by atoms with Crippen LogP contribution in [0.1, 0.15) is 64.5 Å². The summed E-state index contributed by atoms with van der Waals surface area (Å²) in [5.74, 6) is 0.234. The third-order valence-corrected chi connectivity index (χ3v) is 8.80. The van der Waals surface area contributed by atoms with Gasteiger partial charge in [-0.15, -0.1) is 0 Å². The molecule has 5 nitrogen and oxygen atoms in total. The van der Waals surface area contributed by atoms with Gasteiger partial charge in [0, 0.05) is 18.8 Å². The van der Waals surface area contributed by atoms with Crippen molar-refractivity contribution >= 4 is 52.3 Å². The van der Waals surface area contributed by atoms with Gasteiger partial charge in [0.25, 0.3) is 5.91 Å². The summed E-state index contributed by atoms with van der Waals surface area (Å²) in [5, 5.41) is 3.99. The van der Waals surface area contributed by atoms with E-state index in [1.807, 2.05) is 32.0 Å². The van der Waals surface area contributed by atoms with Gasteiger partial charge in [-0.1, -0.05) is 73.8 Å². The molecule has 0 heterocycles. The van der Waals surface area contributed by atoms with Crippen LogP contribution in [0.3, 0.4) is 0 Å². The van der Waals surface area contributed by atoms with Gasteiger partial charge in [0.15, 0.2) is 6.10 Å². The number of amides is 2. The average molecular weight is 568 g/mol. The summed E-state index contributed by atoms with van der Waals surface area (Å²) < 4.78 is 5.91. The average Bonchev–Trinajstić information content (AvgIpc) is 2.83. The lowest BCUT2D eigenvalue weighted by atomic mass is 9.66. The van der Waals surface area contributed by atoms with E-state index in [0.717, 1.165) is 29.7 Å². The van der Waals surface area contributed by atoms with Crippen molar-refractivity contribution in [2.24, 2.45) is 11.3 Å². The van der Waals surface area contributed by atoms with Crippen molar-refractivity contribution in [3.05, 3.63) is 56.5 Å². The summed E-state index contributed by atoms with van der Waals surface area (Å²) in [7, 11) is 1.69. The second-order valence-electron chi connectivity index (χ2n) is 11.2. The number of carbonyl (C=O) groups excluding carboxylic acids is 2. The van der Waals surface area contributed by atoms with Gasteiger partial charge in [-0.3, -0.25) is 9.59 Å². The molecule has 2 amide bonds. The number of nitrogens with one attached hydrogen (secondary N) is 1. The van der Waals surface area contributed by atoms with Crippen molar-refractivity contribution in [2.75, 3.05) is 12.4 Å². The molecule has 2 aromatic rings. The van der Waals surface area contributed by atoms with Crippen LogP contribution in [0.2, 0.25) is 15.1 Å². The molecule has 1 unspecified atom stereocenters. The molecule has 2 aromatic carbocycles. The number of hydrogen-bond donors (Lipinski definition) is 1. The van der Waals surface area contributed by atoms with Crippen molar-refractivity contribution in [3.63, 3.8) is 0 Å². The van der Waals surface area contributed by atoms with Crippen LogP contribution in [0.25, 0.3) is 0 Å². The fraction of sp³-hybridized carbons (Fsp3) is 0.517. The molecule has 1 N–H and O–H groups in total. The Hall–Kier alpha value is -1.95. The van der Waals surface area contributed by atoms with Crippen LogP contribution in [0.5, 0.6) is 5.75 Å². The molecule has 1 aliphatic rings. The van der Waals surface area contributed by atoms with Gasteiger partial charge in [-0.25, -0.2) is 0 Å². The van der Waals surface area contributed by atoms with Crippen LogP contribution in [0.15, 0.2) is 30.3 Å². The molecule has 0 radical (unpaired) electrons. The Labute approximate surface area is 235 Å². The summed E-state index contributed by atoms with van der Waals surface area (Å²) >= 11 is 18.4. The number of nitrogens with zero attached hydrogens (tertiary/aromatic N) is 1. The molecule has 1 aliphatic carbocycles. The minimum absolute atomic E-state index is 0.124.